The number of hydrogen-bond donors (Lipinski definition) is 2. The minimum absolute atomic E-state index is 0.583. The second kappa shape index (κ2) is 5.60. The number of halogens is 1. The van der Waals surface area contributed by atoms with Crippen LogP contribution in [0.25, 0.3) is 0 Å². The Morgan fingerprint density at radius 2 is 2.21 bits per heavy atom. The summed E-state index contributed by atoms with van der Waals surface area (Å²) >= 11 is 6.50. The van der Waals surface area contributed by atoms with Gasteiger partial charge in [-0.2, -0.15) is 0 Å². The number of nitrogens with one attached hydrogen (secondary N) is 1. The Kier molecular flexibility index (Phi) is 4.27. The normalized spacial score (nSPS) is 11.5. The first kappa shape index (κ1) is 14.5. The van der Waals surface area contributed by atoms with E-state index in [-0.39, 0.29) is 0 Å². The highest BCUT2D eigenvalue weighted by molar-refractivity contribution is 9.10. The molecule has 0 aliphatic rings. The van der Waals surface area contributed by atoms with E-state index in [1.165, 1.54) is 16.2 Å². The van der Waals surface area contributed by atoms with Crippen molar-refractivity contribution in [2.45, 2.75) is 25.8 Å². The first-order valence-corrected chi connectivity index (χ1v) is 8.11. The predicted octanol–water partition coefficient (Wildman–Crippen LogP) is 3.94. The summed E-state index contributed by atoms with van der Waals surface area (Å²) in [4.78, 5) is 16.7. The van der Waals surface area contributed by atoms with Crippen LogP contribution in [0.3, 0.4) is 0 Å². The molecule has 2 aromatic rings. The van der Waals surface area contributed by atoms with Gasteiger partial charge in [0.05, 0.1) is 12.2 Å². The molecule has 0 amide bonds. The molecule has 0 spiro atoms. The topological polar surface area (TPSA) is 62.2 Å². The third-order valence-corrected chi connectivity index (χ3v) is 5.21. The summed E-state index contributed by atoms with van der Waals surface area (Å²) in [7, 11) is 0. The zero-order valence-electron chi connectivity index (χ0n) is 10.4. The van der Waals surface area contributed by atoms with Crippen LogP contribution < -0.4 is 5.32 Å². The lowest BCUT2D eigenvalue weighted by Crippen LogP contribution is -2.28. The molecule has 2 aromatic heterocycles. The number of nitrogens with zero attached hydrogens (tertiary/aromatic N) is 1. The second-order valence-corrected chi connectivity index (χ2v) is 7.32. The lowest BCUT2D eigenvalue weighted by atomic mass is 9.90. The fourth-order valence-corrected chi connectivity index (χ4v) is 3.63. The van der Waals surface area contributed by atoms with E-state index in [4.69, 9.17) is 5.11 Å². The molecule has 0 radical (unpaired) electrons. The molecular weight excluding hydrogens is 348 g/mol. The van der Waals surface area contributed by atoms with E-state index in [9.17, 15) is 4.79 Å². The number of hydrogen-bond acceptors (Lipinski definition) is 5. The Balaban J connectivity index is 2.03. The minimum atomic E-state index is -0.956. The first-order valence-electron chi connectivity index (χ1n) is 5.56. The zero-order valence-corrected chi connectivity index (χ0v) is 13.7. The molecule has 2 N–H and O–H groups in total. The smallest absolute Gasteiger partial charge is 0.315 e. The standard InChI is InChI=1S/C12H13BrN2O2S2/c1-12(2,10(16)17)9-6-19-11(15-9)14-4-8-3-7(13)5-18-8/h3,5-6H,4H2,1-2H3,(H,14,15)(H,16,17). The van der Waals surface area contributed by atoms with Crippen LogP contribution in [0.4, 0.5) is 5.13 Å². The lowest BCUT2D eigenvalue weighted by molar-refractivity contribution is -0.142. The quantitative estimate of drug-likeness (QED) is 0.847. The van der Waals surface area contributed by atoms with Gasteiger partial charge in [0.1, 0.15) is 5.41 Å². The highest BCUT2D eigenvalue weighted by atomic mass is 79.9. The van der Waals surface area contributed by atoms with E-state index < -0.39 is 11.4 Å². The van der Waals surface area contributed by atoms with Crippen LogP contribution >= 0.6 is 38.6 Å². The number of carboxylic acid groups (broad SMARTS) is 1. The number of rotatable bonds is 5. The van der Waals surface area contributed by atoms with Crippen molar-refractivity contribution in [1.82, 2.24) is 4.98 Å². The fourth-order valence-electron chi connectivity index (χ4n) is 1.36. The van der Waals surface area contributed by atoms with Crippen molar-refractivity contribution in [3.8, 4) is 0 Å². The number of carboxylic acids is 1. The SMILES string of the molecule is CC(C)(C(=O)O)c1csc(NCc2cc(Br)cs2)n1. The van der Waals surface area contributed by atoms with Crippen LogP contribution in [0, 0.1) is 0 Å². The maximum Gasteiger partial charge on any atom is 0.315 e. The fraction of sp³-hybridized carbons (Fsp3) is 0.333. The Hall–Kier alpha value is -0.920. The largest absolute Gasteiger partial charge is 0.481 e. The highest BCUT2D eigenvalue weighted by Gasteiger charge is 2.32. The molecule has 2 heterocycles. The Labute approximate surface area is 127 Å². The van der Waals surface area contributed by atoms with Crippen LogP contribution in [0.5, 0.6) is 0 Å². The van der Waals surface area contributed by atoms with E-state index in [2.05, 4.69) is 26.2 Å². The molecule has 19 heavy (non-hydrogen) atoms. The van der Waals surface area contributed by atoms with Gasteiger partial charge < -0.3 is 10.4 Å². The summed E-state index contributed by atoms with van der Waals surface area (Å²) < 4.78 is 1.07. The third kappa shape index (κ3) is 3.34. The molecule has 0 atom stereocenters. The van der Waals surface area contributed by atoms with Gasteiger partial charge in [-0.3, -0.25) is 4.79 Å². The number of aromatic nitrogens is 1. The maximum absolute atomic E-state index is 11.2. The molecule has 4 nitrogen and oxygen atoms in total. The van der Waals surface area contributed by atoms with Crippen LogP contribution in [0.1, 0.15) is 24.4 Å². The molecule has 0 unspecified atom stereocenters. The molecule has 0 aliphatic carbocycles. The molecule has 0 bridgehead atoms. The molecule has 0 fully saturated rings. The van der Waals surface area contributed by atoms with Crippen LogP contribution in [-0.4, -0.2) is 16.1 Å². The second-order valence-electron chi connectivity index (χ2n) is 4.55. The van der Waals surface area contributed by atoms with E-state index >= 15 is 0 Å². The number of thiazole rings is 1. The van der Waals surface area contributed by atoms with E-state index in [0.717, 1.165) is 9.60 Å². The van der Waals surface area contributed by atoms with Crippen molar-refractivity contribution < 1.29 is 9.90 Å². The van der Waals surface area contributed by atoms with Gasteiger partial charge >= 0.3 is 5.97 Å². The van der Waals surface area contributed by atoms with Crippen LogP contribution in [0.2, 0.25) is 0 Å². The Morgan fingerprint density at radius 1 is 1.47 bits per heavy atom. The highest BCUT2D eigenvalue weighted by Crippen LogP contribution is 2.28. The summed E-state index contributed by atoms with van der Waals surface area (Å²) in [5.41, 5.74) is -0.373. The van der Waals surface area contributed by atoms with Gasteiger partial charge in [-0.1, -0.05) is 0 Å². The predicted molar refractivity (Wildman–Crippen MR) is 82.1 cm³/mol. The molecule has 0 aromatic carbocycles. The van der Waals surface area contributed by atoms with Crippen molar-refractivity contribution in [3.05, 3.63) is 31.9 Å². The van der Waals surface area contributed by atoms with Gasteiger partial charge in [-0.25, -0.2) is 4.98 Å². The maximum atomic E-state index is 11.2. The molecule has 102 valence electrons. The van der Waals surface area contributed by atoms with Crippen molar-refractivity contribution >= 4 is 49.7 Å². The summed E-state index contributed by atoms with van der Waals surface area (Å²) in [5.74, 6) is -0.869. The average Bonchev–Trinajstić information content (AvgIpc) is 2.95. The third-order valence-electron chi connectivity index (χ3n) is 2.71. The van der Waals surface area contributed by atoms with Crippen LogP contribution in [0.15, 0.2) is 21.3 Å². The van der Waals surface area contributed by atoms with Crippen molar-refractivity contribution in [2.75, 3.05) is 5.32 Å². The van der Waals surface area contributed by atoms with Crippen molar-refractivity contribution in [2.24, 2.45) is 0 Å². The summed E-state index contributed by atoms with van der Waals surface area (Å²) in [6, 6.07) is 2.05. The first-order chi connectivity index (χ1) is 8.89. The van der Waals surface area contributed by atoms with E-state index in [0.29, 0.717) is 12.2 Å². The van der Waals surface area contributed by atoms with Crippen molar-refractivity contribution in [3.63, 3.8) is 0 Å². The Morgan fingerprint density at radius 3 is 2.79 bits per heavy atom. The molecule has 7 heteroatoms. The summed E-state index contributed by atoms with van der Waals surface area (Å²) in [6.07, 6.45) is 0. The number of carbonyl (C=O) groups is 1. The monoisotopic (exact) mass is 360 g/mol. The lowest BCUT2D eigenvalue weighted by Gasteiger charge is -2.15. The van der Waals surface area contributed by atoms with Gasteiger partial charge in [0.25, 0.3) is 0 Å². The van der Waals surface area contributed by atoms with Crippen LogP contribution in [-0.2, 0) is 16.8 Å². The molecule has 2 rings (SSSR count). The number of thiophene rings is 1. The molecule has 0 aliphatic heterocycles. The van der Waals surface area contributed by atoms with Gasteiger partial charge in [0.2, 0.25) is 0 Å². The average molecular weight is 361 g/mol. The molecule has 0 saturated heterocycles. The van der Waals surface area contributed by atoms with Crippen molar-refractivity contribution in [1.29, 1.82) is 0 Å². The van der Waals surface area contributed by atoms with Gasteiger partial charge in [-0.15, -0.1) is 22.7 Å². The van der Waals surface area contributed by atoms with Gasteiger partial charge in [0.15, 0.2) is 5.13 Å². The summed E-state index contributed by atoms with van der Waals surface area (Å²) in [6.45, 7) is 4.01. The summed E-state index contributed by atoms with van der Waals surface area (Å²) in [5, 5.41) is 16.9. The minimum Gasteiger partial charge on any atom is -0.481 e. The van der Waals surface area contributed by atoms with E-state index in [1.54, 1.807) is 30.6 Å². The number of aliphatic carboxylic acids is 1. The molecule has 0 saturated carbocycles. The van der Waals surface area contributed by atoms with Gasteiger partial charge in [0, 0.05) is 20.1 Å². The molecular formula is C12H13BrN2O2S2. The number of anilines is 1. The zero-order chi connectivity index (χ0) is 14.0. The Bertz CT molecular complexity index is 592. The van der Waals surface area contributed by atoms with E-state index in [1.807, 2.05) is 11.4 Å². The van der Waals surface area contributed by atoms with Gasteiger partial charge in [-0.05, 0) is 35.8 Å².